The lowest BCUT2D eigenvalue weighted by molar-refractivity contribution is 0.0691. The molecule has 0 aromatic heterocycles. The first-order valence-corrected chi connectivity index (χ1v) is 8.66. The molecule has 0 saturated carbocycles. The van der Waals surface area contributed by atoms with E-state index in [0.717, 1.165) is 23.8 Å². The van der Waals surface area contributed by atoms with Crippen molar-refractivity contribution in [1.29, 1.82) is 0 Å². The SMILES string of the molecule is CC(C)(C)c1ccccc1NS(=O)(=O)c1ccc(F)c(C(=O)O)c1. The number of hydrogen-bond acceptors (Lipinski definition) is 3. The molecule has 5 nitrogen and oxygen atoms in total. The Balaban J connectivity index is 2.48. The molecule has 7 heteroatoms. The largest absolute Gasteiger partial charge is 0.478 e. The van der Waals surface area contributed by atoms with Crippen molar-refractivity contribution in [2.24, 2.45) is 0 Å². The fourth-order valence-electron chi connectivity index (χ4n) is 2.27. The molecule has 0 saturated heterocycles. The number of carboxylic acid groups (broad SMARTS) is 1. The third-order valence-electron chi connectivity index (χ3n) is 3.46. The molecule has 0 unspecified atom stereocenters. The van der Waals surface area contributed by atoms with E-state index < -0.39 is 27.4 Å². The standard InChI is InChI=1S/C17H18FNO4S/c1-17(2,3)13-6-4-5-7-15(13)19-24(22,23)11-8-9-14(18)12(10-11)16(20)21/h4-10,19H,1-3H3,(H,20,21). The van der Waals surface area contributed by atoms with Crippen LogP contribution < -0.4 is 4.72 Å². The minimum Gasteiger partial charge on any atom is -0.478 e. The van der Waals surface area contributed by atoms with Gasteiger partial charge in [0.15, 0.2) is 0 Å². The number of aromatic carboxylic acids is 1. The molecule has 24 heavy (non-hydrogen) atoms. The molecule has 2 rings (SSSR count). The number of benzene rings is 2. The Kier molecular flexibility index (Phi) is 4.66. The molecule has 0 aliphatic heterocycles. The summed E-state index contributed by atoms with van der Waals surface area (Å²) in [6.45, 7) is 5.83. The maximum absolute atomic E-state index is 13.5. The quantitative estimate of drug-likeness (QED) is 0.881. The molecule has 0 radical (unpaired) electrons. The van der Waals surface area contributed by atoms with Gasteiger partial charge in [0, 0.05) is 0 Å². The van der Waals surface area contributed by atoms with Crippen LogP contribution in [0, 0.1) is 5.82 Å². The van der Waals surface area contributed by atoms with Crippen LogP contribution in [0.5, 0.6) is 0 Å². The minimum atomic E-state index is -4.05. The molecule has 0 aliphatic rings. The Morgan fingerprint density at radius 3 is 2.33 bits per heavy atom. The first-order valence-electron chi connectivity index (χ1n) is 7.17. The van der Waals surface area contributed by atoms with Crippen LogP contribution in [0.1, 0.15) is 36.7 Å². The van der Waals surface area contributed by atoms with Gasteiger partial charge in [-0.05, 0) is 35.2 Å². The molecule has 0 heterocycles. The van der Waals surface area contributed by atoms with Crippen molar-refractivity contribution in [2.75, 3.05) is 4.72 Å². The zero-order valence-electron chi connectivity index (χ0n) is 13.5. The predicted molar refractivity (Wildman–Crippen MR) is 89.3 cm³/mol. The van der Waals surface area contributed by atoms with Crippen LogP contribution in [0.25, 0.3) is 0 Å². The maximum Gasteiger partial charge on any atom is 0.338 e. The Bertz CT molecular complexity index is 886. The van der Waals surface area contributed by atoms with E-state index in [9.17, 15) is 17.6 Å². The van der Waals surface area contributed by atoms with E-state index in [1.54, 1.807) is 18.2 Å². The second kappa shape index (κ2) is 6.24. The van der Waals surface area contributed by atoms with E-state index in [1.165, 1.54) is 0 Å². The lowest BCUT2D eigenvalue weighted by Crippen LogP contribution is -2.19. The van der Waals surface area contributed by atoms with Crippen molar-refractivity contribution in [1.82, 2.24) is 0 Å². The van der Waals surface area contributed by atoms with Gasteiger partial charge in [0.05, 0.1) is 16.1 Å². The van der Waals surface area contributed by atoms with Crippen molar-refractivity contribution in [3.63, 3.8) is 0 Å². The average molecular weight is 351 g/mol. The van der Waals surface area contributed by atoms with Crippen molar-refractivity contribution in [3.8, 4) is 0 Å². The number of rotatable bonds is 4. The van der Waals surface area contributed by atoms with E-state index >= 15 is 0 Å². The molecule has 2 aromatic rings. The highest BCUT2D eigenvalue weighted by Crippen LogP contribution is 2.30. The molecule has 0 amide bonds. The van der Waals surface area contributed by atoms with Crippen molar-refractivity contribution >= 4 is 21.7 Å². The number of carbonyl (C=O) groups is 1. The highest BCUT2D eigenvalue weighted by atomic mass is 32.2. The Morgan fingerprint density at radius 2 is 1.75 bits per heavy atom. The second-order valence-electron chi connectivity index (χ2n) is 6.35. The highest BCUT2D eigenvalue weighted by Gasteiger charge is 2.23. The third-order valence-corrected chi connectivity index (χ3v) is 4.82. The lowest BCUT2D eigenvalue weighted by Gasteiger charge is -2.23. The van der Waals surface area contributed by atoms with Gasteiger partial charge < -0.3 is 5.11 Å². The molecule has 2 aromatic carbocycles. The summed E-state index contributed by atoms with van der Waals surface area (Å²) in [6.07, 6.45) is 0. The molecular formula is C17H18FNO4S. The molecule has 2 N–H and O–H groups in total. The van der Waals surface area contributed by atoms with Crippen molar-refractivity contribution < 1.29 is 22.7 Å². The van der Waals surface area contributed by atoms with Crippen LogP contribution in [0.15, 0.2) is 47.4 Å². The van der Waals surface area contributed by atoms with Gasteiger partial charge in [-0.2, -0.15) is 0 Å². The summed E-state index contributed by atoms with van der Waals surface area (Å²) in [7, 11) is -4.05. The molecule has 0 bridgehead atoms. The molecule has 0 fully saturated rings. The maximum atomic E-state index is 13.5. The molecular weight excluding hydrogens is 333 g/mol. The van der Waals surface area contributed by atoms with E-state index in [0.29, 0.717) is 5.69 Å². The van der Waals surface area contributed by atoms with Gasteiger partial charge in [-0.1, -0.05) is 39.0 Å². The molecule has 0 aliphatic carbocycles. The second-order valence-corrected chi connectivity index (χ2v) is 8.03. The van der Waals surface area contributed by atoms with Gasteiger partial charge >= 0.3 is 5.97 Å². The molecule has 0 atom stereocenters. The molecule has 0 spiro atoms. The van der Waals surface area contributed by atoms with Gasteiger partial charge in [-0.25, -0.2) is 17.6 Å². The van der Waals surface area contributed by atoms with Gasteiger partial charge in [0.2, 0.25) is 0 Å². The Labute approximate surface area is 140 Å². The van der Waals surface area contributed by atoms with Gasteiger partial charge in [-0.3, -0.25) is 4.72 Å². The van der Waals surface area contributed by atoms with Crippen LogP contribution in [-0.2, 0) is 15.4 Å². The van der Waals surface area contributed by atoms with Crippen LogP contribution in [0.4, 0.5) is 10.1 Å². The van der Waals surface area contributed by atoms with E-state index in [4.69, 9.17) is 5.11 Å². The first-order chi connectivity index (χ1) is 11.0. The summed E-state index contributed by atoms with van der Waals surface area (Å²) in [5.41, 5.74) is 0.191. The van der Waals surface area contributed by atoms with Gasteiger partial charge in [-0.15, -0.1) is 0 Å². The van der Waals surface area contributed by atoms with Gasteiger partial charge in [0.1, 0.15) is 5.82 Å². The Hall–Kier alpha value is -2.41. The first kappa shape index (κ1) is 17.9. The monoisotopic (exact) mass is 351 g/mol. The van der Waals surface area contributed by atoms with Crippen LogP contribution >= 0.6 is 0 Å². The minimum absolute atomic E-state index is 0.297. The summed E-state index contributed by atoms with van der Waals surface area (Å²) in [4.78, 5) is 10.7. The van der Waals surface area contributed by atoms with E-state index in [-0.39, 0.29) is 10.3 Å². The fraction of sp³-hybridized carbons (Fsp3) is 0.235. The van der Waals surface area contributed by atoms with Crippen LogP contribution in [-0.4, -0.2) is 19.5 Å². The summed E-state index contributed by atoms with van der Waals surface area (Å²) < 4.78 is 41.0. The average Bonchev–Trinajstić information content (AvgIpc) is 2.46. The number of para-hydroxylation sites is 1. The third kappa shape index (κ3) is 3.73. The number of halogens is 1. The van der Waals surface area contributed by atoms with E-state index in [2.05, 4.69) is 4.72 Å². The highest BCUT2D eigenvalue weighted by molar-refractivity contribution is 7.92. The van der Waals surface area contributed by atoms with Crippen molar-refractivity contribution in [3.05, 3.63) is 59.4 Å². The summed E-state index contributed by atoms with van der Waals surface area (Å²) in [5, 5.41) is 8.94. The number of carboxylic acids is 1. The Morgan fingerprint density at radius 1 is 1.12 bits per heavy atom. The van der Waals surface area contributed by atoms with Crippen LogP contribution in [0.3, 0.4) is 0 Å². The lowest BCUT2D eigenvalue weighted by atomic mass is 9.86. The smallest absolute Gasteiger partial charge is 0.338 e. The predicted octanol–water partition coefficient (Wildman–Crippen LogP) is 3.62. The summed E-state index contributed by atoms with van der Waals surface area (Å²) in [6, 6.07) is 9.60. The number of sulfonamides is 1. The summed E-state index contributed by atoms with van der Waals surface area (Å²) >= 11 is 0. The van der Waals surface area contributed by atoms with Gasteiger partial charge in [0.25, 0.3) is 10.0 Å². The zero-order valence-corrected chi connectivity index (χ0v) is 14.3. The topological polar surface area (TPSA) is 83.5 Å². The number of nitrogens with one attached hydrogen (secondary N) is 1. The van der Waals surface area contributed by atoms with E-state index in [1.807, 2.05) is 26.8 Å². The number of anilines is 1. The normalized spacial score (nSPS) is 12.0. The summed E-state index contributed by atoms with van der Waals surface area (Å²) in [5.74, 6) is -2.52. The van der Waals surface area contributed by atoms with Crippen molar-refractivity contribution in [2.45, 2.75) is 31.1 Å². The number of hydrogen-bond donors (Lipinski definition) is 2. The zero-order chi connectivity index (χ0) is 18.1. The van der Waals surface area contributed by atoms with Crippen LogP contribution in [0.2, 0.25) is 0 Å². The molecule has 128 valence electrons. The fourth-order valence-corrected chi connectivity index (χ4v) is 3.37.